The first-order valence-electron chi connectivity index (χ1n) is 8.62. The van der Waals surface area contributed by atoms with E-state index in [0.717, 1.165) is 63.8 Å². The van der Waals surface area contributed by atoms with Crippen molar-refractivity contribution in [2.75, 3.05) is 26.2 Å². The number of likely N-dealkylation sites (tertiary alicyclic amines) is 2. The maximum Gasteiger partial charge on any atom is 0.255 e. The molecule has 2 amide bonds. The molecule has 0 radical (unpaired) electrons. The first-order chi connectivity index (χ1) is 11.1. The zero-order valence-electron chi connectivity index (χ0n) is 13.8. The van der Waals surface area contributed by atoms with Gasteiger partial charge in [-0.1, -0.05) is 0 Å². The summed E-state index contributed by atoms with van der Waals surface area (Å²) in [4.78, 5) is 32.1. The van der Waals surface area contributed by atoms with E-state index in [1.807, 2.05) is 22.1 Å². The van der Waals surface area contributed by atoms with Gasteiger partial charge in [-0.3, -0.25) is 14.6 Å². The van der Waals surface area contributed by atoms with Crippen molar-refractivity contribution >= 4 is 11.8 Å². The van der Waals surface area contributed by atoms with E-state index < -0.39 is 0 Å². The summed E-state index contributed by atoms with van der Waals surface area (Å²) in [7, 11) is 0. The smallest absolute Gasteiger partial charge is 0.255 e. The van der Waals surface area contributed by atoms with E-state index >= 15 is 0 Å². The summed E-state index contributed by atoms with van der Waals surface area (Å²) in [6.45, 7) is 5.05. The predicted molar refractivity (Wildman–Crippen MR) is 88.1 cm³/mol. The largest absolute Gasteiger partial charge is 0.343 e. The Balaban J connectivity index is 1.65. The van der Waals surface area contributed by atoms with E-state index in [0.29, 0.717) is 11.5 Å². The van der Waals surface area contributed by atoms with Crippen LogP contribution in [0.5, 0.6) is 0 Å². The lowest BCUT2D eigenvalue weighted by Gasteiger charge is -2.32. The zero-order chi connectivity index (χ0) is 16.2. The van der Waals surface area contributed by atoms with Crippen LogP contribution in [0.4, 0.5) is 0 Å². The number of rotatable bonds is 3. The lowest BCUT2D eigenvalue weighted by atomic mass is 9.91. The average molecular weight is 315 g/mol. The number of hydrogen-bond donors (Lipinski definition) is 0. The van der Waals surface area contributed by atoms with Crippen LogP contribution < -0.4 is 0 Å². The SMILES string of the molecule is CC(=O)N1CCC[C@H](Cc2cncc(C(=O)N3CCCC3)c2)C1. The van der Waals surface area contributed by atoms with Gasteiger partial charge < -0.3 is 9.80 Å². The van der Waals surface area contributed by atoms with Gasteiger partial charge in [0.25, 0.3) is 5.91 Å². The Bertz CT molecular complexity index is 581. The number of nitrogens with zero attached hydrogens (tertiary/aromatic N) is 3. The fourth-order valence-corrected chi connectivity index (χ4v) is 3.67. The molecule has 1 atom stereocenters. The van der Waals surface area contributed by atoms with Crippen molar-refractivity contribution in [1.29, 1.82) is 0 Å². The van der Waals surface area contributed by atoms with Gasteiger partial charge in [-0.25, -0.2) is 0 Å². The molecule has 2 saturated heterocycles. The van der Waals surface area contributed by atoms with Crippen LogP contribution in [0, 0.1) is 5.92 Å². The monoisotopic (exact) mass is 315 g/mol. The van der Waals surface area contributed by atoms with E-state index in [1.165, 1.54) is 0 Å². The number of piperidine rings is 1. The second-order valence-corrected chi connectivity index (χ2v) is 6.76. The predicted octanol–water partition coefficient (Wildman–Crippen LogP) is 2.12. The topological polar surface area (TPSA) is 53.5 Å². The van der Waals surface area contributed by atoms with Crippen molar-refractivity contribution in [3.63, 3.8) is 0 Å². The number of pyridine rings is 1. The number of amides is 2. The number of hydrogen-bond acceptors (Lipinski definition) is 3. The summed E-state index contributed by atoms with van der Waals surface area (Å²) in [6.07, 6.45) is 8.81. The van der Waals surface area contributed by atoms with Gasteiger partial charge in [-0.15, -0.1) is 0 Å². The molecule has 0 aromatic carbocycles. The van der Waals surface area contributed by atoms with Crippen LogP contribution in [-0.4, -0.2) is 52.8 Å². The minimum absolute atomic E-state index is 0.103. The molecule has 0 saturated carbocycles. The van der Waals surface area contributed by atoms with E-state index in [9.17, 15) is 9.59 Å². The van der Waals surface area contributed by atoms with E-state index in [-0.39, 0.29) is 11.8 Å². The maximum atomic E-state index is 12.5. The third kappa shape index (κ3) is 3.89. The summed E-state index contributed by atoms with van der Waals surface area (Å²) in [6, 6.07) is 1.99. The quantitative estimate of drug-likeness (QED) is 0.858. The summed E-state index contributed by atoms with van der Waals surface area (Å²) >= 11 is 0. The van der Waals surface area contributed by atoms with Crippen LogP contribution in [-0.2, 0) is 11.2 Å². The molecule has 5 nitrogen and oxygen atoms in total. The molecule has 0 unspecified atom stereocenters. The van der Waals surface area contributed by atoms with Gasteiger partial charge in [0, 0.05) is 45.5 Å². The molecular formula is C18H25N3O2. The summed E-state index contributed by atoms with van der Waals surface area (Å²) in [5, 5.41) is 0. The lowest BCUT2D eigenvalue weighted by Crippen LogP contribution is -2.39. The number of aromatic nitrogens is 1. The molecule has 23 heavy (non-hydrogen) atoms. The molecule has 0 aliphatic carbocycles. The molecule has 0 N–H and O–H groups in total. The first-order valence-corrected chi connectivity index (χ1v) is 8.62. The van der Waals surface area contributed by atoms with Gasteiger partial charge in [0.15, 0.2) is 0 Å². The Kier molecular flexibility index (Phi) is 4.94. The van der Waals surface area contributed by atoms with Crippen LogP contribution in [0.25, 0.3) is 0 Å². The van der Waals surface area contributed by atoms with Crippen LogP contribution in [0.2, 0.25) is 0 Å². The average Bonchev–Trinajstić information content (AvgIpc) is 3.09. The third-order valence-electron chi connectivity index (χ3n) is 4.92. The fourth-order valence-electron chi connectivity index (χ4n) is 3.67. The summed E-state index contributed by atoms with van der Waals surface area (Å²) in [5.74, 6) is 0.725. The van der Waals surface area contributed by atoms with Gasteiger partial charge in [0.1, 0.15) is 0 Å². The Morgan fingerprint density at radius 2 is 1.87 bits per heavy atom. The normalized spacial score (nSPS) is 21.5. The van der Waals surface area contributed by atoms with Gasteiger partial charge in [0.05, 0.1) is 5.56 Å². The highest BCUT2D eigenvalue weighted by Crippen LogP contribution is 2.21. The van der Waals surface area contributed by atoms with Crippen molar-refractivity contribution in [2.24, 2.45) is 5.92 Å². The molecule has 0 spiro atoms. The van der Waals surface area contributed by atoms with Gasteiger partial charge in [-0.2, -0.15) is 0 Å². The van der Waals surface area contributed by atoms with Crippen LogP contribution >= 0.6 is 0 Å². The molecule has 5 heteroatoms. The Morgan fingerprint density at radius 3 is 2.61 bits per heavy atom. The number of carbonyl (C=O) groups is 2. The molecule has 124 valence electrons. The third-order valence-corrected chi connectivity index (χ3v) is 4.92. The van der Waals surface area contributed by atoms with Crippen molar-refractivity contribution < 1.29 is 9.59 Å². The van der Waals surface area contributed by atoms with Crippen molar-refractivity contribution in [3.05, 3.63) is 29.6 Å². The lowest BCUT2D eigenvalue weighted by molar-refractivity contribution is -0.130. The molecule has 2 aliphatic rings. The summed E-state index contributed by atoms with van der Waals surface area (Å²) < 4.78 is 0. The second kappa shape index (κ2) is 7.11. The number of carbonyl (C=O) groups excluding carboxylic acids is 2. The minimum Gasteiger partial charge on any atom is -0.343 e. The molecule has 1 aromatic rings. The maximum absolute atomic E-state index is 12.5. The zero-order valence-corrected chi connectivity index (χ0v) is 13.8. The van der Waals surface area contributed by atoms with Gasteiger partial charge in [-0.05, 0) is 49.7 Å². The van der Waals surface area contributed by atoms with Crippen LogP contribution in [0.3, 0.4) is 0 Å². The molecule has 2 fully saturated rings. The Hall–Kier alpha value is -1.91. The van der Waals surface area contributed by atoms with E-state index in [4.69, 9.17) is 0 Å². The molecule has 3 rings (SSSR count). The molecule has 1 aromatic heterocycles. The van der Waals surface area contributed by atoms with Crippen molar-refractivity contribution in [3.8, 4) is 0 Å². The van der Waals surface area contributed by atoms with Crippen LogP contribution in [0.15, 0.2) is 18.5 Å². The van der Waals surface area contributed by atoms with E-state index in [2.05, 4.69) is 4.98 Å². The highest BCUT2D eigenvalue weighted by Gasteiger charge is 2.23. The standard InChI is InChI=1S/C18H25N3O2/c1-14(22)21-8-4-5-15(13-21)9-16-10-17(12-19-11-16)18(23)20-6-2-3-7-20/h10-12,15H,2-9,13H2,1H3/t15-/m1/s1. The fraction of sp³-hybridized carbons (Fsp3) is 0.611. The minimum atomic E-state index is 0.103. The molecule has 0 bridgehead atoms. The highest BCUT2D eigenvalue weighted by molar-refractivity contribution is 5.94. The highest BCUT2D eigenvalue weighted by atomic mass is 16.2. The van der Waals surface area contributed by atoms with Crippen molar-refractivity contribution in [1.82, 2.24) is 14.8 Å². The van der Waals surface area contributed by atoms with Gasteiger partial charge in [0.2, 0.25) is 5.91 Å². The molecule has 3 heterocycles. The second-order valence-electron chi connectivity index (χ2n) is 6.76. The first kappa shape index (κ1) is 16.0. The Labute approximate surface area is 137 Å². The van der Waals surface area contributed by atoms with E-state index in [1.54, 1.807) is 13.1 Å². The molecular weight excluding hydrogens is 290 g/mol. The molecule has 2 aliphatic heterocycles. The Morgan fingerprint density at radius 1 is 1.13 bits per heavy atom. The van der Waals surface area contributed by atoms with Crippen molar-refractivity contribution in [2.45, 2.75) is 39.0 Å². The summed E-state index contributed by atoms with van der Waals surface area (Å²) in [5.41, 5.74) is 1.80. The van der Waals surface area contributed by atoms with Crippen LogP contribution in [0.1, 0.15) is 48.5 Å². The van der Waals surface area contributed by atoms with Gasteiger partial charge >= 0.3 is 0 Å².